The summed E-state index contributed by atoms with van der Waals surface area (Å²) in [5, 5.41) is -0.265. The number of aryl methyl sites for hydroxylation is 1. The van der Waals surface area contributed by atoms with Gasteiger partial charge in [0, 0.05) is 24.5 Å². The summed E-state index contributed by atoms with van der Waals surface area (Å²) in [6.07, 6.45) is 4.25. The van der Waals surface area contributed by atoms with Crippen molar-refractivity contribution in [2.45, 2.75) is 25.9 Å². The van der Waals surface area contributed by atoms with Gasteiger partial charge in [-0.05, 0) is 18.6 Å². The van der Waals surface area contributed by atoms with E-state index in [2.05, 4.69) is 10.4 Å². The molecule has 2 rings (SSSR count). The first-order chi connectivity index (χ1) is 9.58. The van der Waals surface area contributed by atoms with E-state index in [-0.39, 0.29) is 10.6 Å². The summed E-state index contributed by atoms with van der Waals surface area (Å²) in [6.45, 7) is 2.72. The van der Waals surface area contributed by atoms with E-state index in [0.717, 1.165) is 18.6 Å². The van der Waals surface area contributed by atoms with Crippen LogP contribution in [-0.2, 0) is 6.54 Å². The molecule has 3 N–H and O–H groups in total. The second-order valence-electron chi connectivity index (χ2n) is 4.37. The normalized spacial score (nSPS) is 12.7. The Kier molecular flexibility index (Phi) is 4.69. The van der Waals surface area contributed by atoms with Crippen molar-refractivity contribution in [3.8, 4) is 0 Å². The molecule has 1 atom stereocenters. The van der Waals surface area contributed by atoms with E-state index in [9.17, 15) is 8.78 Å². The molecule has 1 unspecified atom stereocenters. The van der Waals surface area contributed by atoms with Crippen molar-refractivity contribution >= 4 is 11.6 Å². The van der Waals surface area contributed by atoms with E-state index < -0.39 is 17.7 Å². The van der Waals surface area contributed by atoms with Gasteiger partial charge in [-0.15, -0.1) is 0 Å². The van der Waals surface area contributed by atoms with E-state index in [1.54, 1.807) is 12.4 Å². The minimum absolute atomic E-state index is 0.0675. The maximum Gasteiger partial charge on any atom is 0.142 e. The molecular formula is C13H15ClF2N4. The summed E-state index contributed by atoms with van der Waals surface area (Å²) >= 11 is 5.55. The highest BCUT2D eigenvalue weighted by Crippen LogP contribution is 2.27. The number of hydrazine groups is 1. The van der Waals surface area contributed by atoms with Gasteiger partial charge in [0.25, 0.3) is 0 Å². The number of aromatic nitrogens is 2. The number of hydrogen-bond donors (Lipinski definition) is 2. The zero-order valence-corrected chi connectivity index (χ0v) is 11.7. The number of benzene rings is 1. The molecule has 0 radical (unpaired) electrons. The van der Waals surface area contributed by atoms with E-state index >= 15 is 0 Å². The van der Waals surface area contributed by atoms with E-state index in [0.29, 0.717) is 12.4 Å². The van der Waals surface area contributed by atoms with Crippen LogP contribution < -0.4 is 11.3 Å². The Morgan fingerprint density at radius 3 is 2.80 bits per heavy atom. The number of nitrogens with zero attached hydrogens (tertiary/aromatic N) is 2. The molecule has 1 aromatic heterocycles. The lowest BCUT2D eigenvalue weighted by Crippen LogP contribution is -2.32. The highest BCUT2D eigenvalue weighted by molar-refractivity contribution is 6.30. The molecule has 1 heterocycles. The first-order valence-electron chi connectivity index (χ1n) is 6.20. The number of rotatable bonds is 5. The highest BCUT2D eigenvalue weighted by atomic mass is 35.5. The summed E-state index contributed by atoms with van der Waals surface area (Å²) in [6, 6.07) is 1.22. The van der Waals surface area contributed by atoms with Crippen molar-refractivity contribution in [3.05, 3.63) is 52.6 Å². The van der Waals surface area contributed by atoms with Crippen LogP contribution in [0.25, 0.3) is 0 Å². The fraction of sp³-hybridized carbons (Fsp3) is 0.308. The van der Waals surface area contributed by atoms with Gasteiger partial charge in [0.15, 0.2) is 0 Å². The van der Waals surface area contributed by atoms with Gasteiger partial charge < -0.3 is 4.57 Å². The van der Waals surface area contributed by atoms with Crippen LogP contribution in [0.4, 0.5) is 8.78 Å². The van der Waals surface area contributed by atoms with Crippen molar-refractivity contribution in [1.29, 1.82) is 0 Å². The lowest BCUT2D eigenvalue weighted by Gasteiger charge is -2.18. The third-order valence-corrected chi connectivity index (χ3v) is 3.28. The molecule has 0 bridgehead atoms. The number of nitrogens with two attached hydrogens (primary N) is 1. The van der Waals surface area contributed by atoms with Gasteiger partial charge in [-0.2, -0.15) is 0 Å². The largest absolute Gasteiger partial charge is 0.333 e. The van der Waals surface area contributed by atoms with Crippen molar-refractivity contribution in [3.63, 3.8) is 0 Å². The zero-order valence-electron chi connectivity index (χ0n) is 10.9. The number of halogens is 3. The minimum Gasteiger partial charge on any atom is -0.333 e. The van der Waals surface area contributed by atoms with Crippen LogP contribution in [0.15, 0.2) is 24.5 Å². The molecule has 0 amide bonds. The first kappa shape index (κ1) is 14.9. The maximum atomic E-state index is 14.0. The molecule has 4 nitrogen and oxygen atoms in total. The van der Waals surface area contributed by atoms with Crippen LogP contribution in [0.3, 0.4) is 0 Å². The van der Waals surface area contributed by atoms with Crippen LogP contribution >= 0.6 is 11.6 Å². The summed E-state index contributed by atoms with van der Waals surface area (Å²) in [4.78, 5) is 4.17. The van der Waals surface area contributed by atoms with Gasteiger partial charge in [-0.25, -0.2) is 19.2 Å². The third kappa shape index (κ3) is 2.82. The Hall–Kier alpha value is -1.50. The average molecular weight is 301 g/mol. The standard InChI is InChI=1S/C13H15ClF2N4/c1-2-4-20-5-3-18-13(20)12(19-17)8-6-11(16)9(14)7-10(8)15/h3,5-7,12,19H,2,4,17H2,1H3. The second-order valence-corrected chi connectivity index (χ2v) is 4.77. The predicted molar refractivity (Wildman–Crippen MR) is 73.1 cm³/mol. The van der Waals surface area contributed by atoms with Gasteiger partial charge in [0.05, 0.1) is 5.02 Å². The molecule has 7 heteroatoms. The Labute approximate surface area is 120 Å². The highest BCUT2D eigenvalue weighted by Gasteiger charge is 2.22. The van der Waals surface area contributed by atoms with Crippen molar-refractivity contribution < 1.29 is 8.78 Å². The molecule has 0 saturated heterocycles. The zero-order chi connectivity index (χ0) is 14.7. The molecule has 108 valence electrons. The molecule has 0 aliphatic carbocycles. The van der Waals surface area contributed by atoms with Gasteiger partial charge in [-0.3, -0.25) is 5.84 Å². The van der Waals surface area contributed by atoms with Crippen LogP contribution in [0.1, 0.15) is 30.8 Å². The van der Waals surface area contributed by atoms with Crippen LogP contribution in [-0.4, -0.2) is 9.55 Å². The van der Waals surface area contributed by atoms with Gasteiger partial charge in [0.1, 0.15) is 23.5 Å². The van der Waals surface area contributed by atoms with Crippen molar-refractivity contribution in [2.24, 2.45) is 5.84 Å². The lowest BCUT2D eigenvalue weighted by molar-refractivity contribution is 0.508. The second kappa shape index (κ2) is 6.30. The molecular weight excluding hydrogens is 286 g/mol. The topological polar surface area (TPSA) is 55.9 Å². The van der Waals surface area contributed by atoms with Crippen molar-refractivity contribution in [1.82, 2.24) is 15.0 Å². The molecule has 2 aromatic rings. The third-order valence-electron chi connectivity index (χ3n) is 2.99. The maximum absolute atomic E-state index is 14.0. The molecule has 0 aliphatic rings. The monoisotopic (exact) mass is 300 g/mol. The van der Waals surface area contributed by atoms with Crippen LogP contribution in [0, 0.1) is 11.6 Å². The molecule has 1 aromatic carbocycles. The SMILES string of the molecule is CCCn1ccnc1C(NN)c1cc(F)c(Cl)cc1F. The van der Waals surface area contributed by atoms with Crippen LogP contribution in [0.2, 0.25) is 5.02 Å². The summed E-state index contributed by atoms with van der Waals surface area (Å²) < 4.78 is 29.4. The van der Waals surface area contributed by atoms with Gasteiger partial charge in [0.2, 0.25) is 0 Å². The molecule has 20 heavy (non-hydrogen) atoms. The average Bonchev–Trinajstić information content (AvgIpc) is 2.85. The van der Waals surface area contributed by atoms with Crippen LogP contribution in [0.5, 0.6) is 0 Å². The summed E-state index contributed by atoms with van der Waals surface area (Å²) in [5.41, 5.74) is 2.54. The first-order valence-corrected chi connectivity index (χ1v) is 6.57. The lowest BCUT2D eigenvalue weighted by atomic mass is 10.1. The summed E-state index contributed by atoms with van der Waals surface area (Å²) in [7, 11) is 0. The number of nitrogens with one attached hydrogen (secondary N) is 1. The Morgan fingerprint density at radius 1 is 1.40 bits per heavy atom. The Bertz CT molecular complexity index is 600. The van der Waals surface area contributed by atoms with E-state index in [4.69, 9.17) is 17.4 Å². The fourth-order valence-corrected chi connectivity index (χ4v) is 2.22. The van der Waals surface area contributed by atoms with Gasteiger partial charge in [-0.1, -0.05) is 18.5 Å². The quantitative estimate of drug-likeness (QED) is 0.507. The number of hydrogen-bond acceptors (Lipinski definition) is 3. The summed E-state index contributed by atoms with van der Waals surface area (Å²) in [5.74, 6) is 4.68. The van der Waals surface area contributed by atoms with E-state index in [1.165, 1.54) is 0 Å². The Morgan fingerprint density at radius 2 is 2.15 bits per heavy atom. The molecule has 0 aliphatic heterocycles. The Balaban J connectivity index is 2.47. The number of imidazole rings is 1. The fourth-order valence-electron chi connectivity index (χ4n) is 2.07. The smallest absolute Gasteiger partial charge is 0.142 e. The van der Waals surface area contributed by atoms with E-state index in [1.807, 2.05) is 11.5 Å². The molecule has 0 saturated carbocycles. The van der Waals surface area contributed by atoms with Crippen molar-refractivity contribution in [2.75, 3.05) is 0 Å². The molecule has 0 fully saturated rings. The predicted octanol–water partition coefficient (Wildman–Crippen LogP) is 2.78. The molecule has 0 spiro atoms. The minimum atomic E-state index is -0.747. The van der Waals surface area contributed by atoms with Gasteiger partial charge >= 0.3 is 0 Å².